The molecule has 0 fully saturated rings. The van der Waals surface area contributed by atoms with Crippen molar-refractivity contribution in [3.05, 3.63) is 23.8 Å². The number of amides is 1. The zero-order valence-electron chi connectivity index (χ0n) is 7.71. The molecule has 0 aliphatic heterocycles. The van der Waals surface area contributed by atoms with E-state index in [-0.39, 0.29) is 11.5 Å². The van der Waals surface area contributed by atoms with Gasteiger partial charge in [0.05, 0.1) is 6.21 Å². The summed E-state index contributed by atoms with van der Waals surface area (Å²) < 4.78 is 0. The van der Waals surface area contributed by atoms with Crippen LogP contribution < -0.4 is 5.43 Å². The molecule has 0 spiro atoms. The lowest BCUT2D eigenvalue weighted by atomic mass is 10.2. The number of aliphatic hydroxyl groups is 1. The zero-order valence-corrected chi connectivity index (χ0v) is 7.71. The monoisotopic (exact) mass is 210 g/mol. The largest absolute Gasteiger partial charge is 0.504 e. The average molecular weight is 210 g/mol. The van der Waals surface area contributed by atoms with E-state index in [1.807, 2.05) is 0 Å². The van der Waals surface area contributed by atoms with Gasteiger partial charge in [-0.15, -0.1) is 0 Å². The molecule has 80 valence electrons. The molecule has 0 saturated carbocycles. The van der Waals surface area contributed by atoms with Gasteiger partial charge in [-0.1, -0.05) is 0 Å². The van der Waals surface area contributed by atoms with Crippen molar-refractivity contribution in [3.63, 3.8) is 0 Å². The first-order valence-corrected chi connectivity index (χ1v) is 4.08. The van der Waals surface area contributed by atoms with Gasteiger partial charge in [0.25, 0.3) is 5.91 Å². The molecule has 15 heavy (non-hydrogen) atoms. The van der Waals surface area contributed by atoms with Crippen LogP contribution in [0.5, 0.6) is 11.5 Å². The van der Waals surface area contributed by atoms with Crippen LogP contribution in [0.25, 0.3) is 0 Å². The Kier molecular flexibility index (Phi) is 3.64. The molecule has 1 aromatic carbocycles. The van der Waals surface area contributed by atoms with Gasteiger partial charge in [-0.25, -0.2) is 5.43 Å². The number of hydrogen-bond donors (Lipinski definition) is 4. The van der Waals surface area contributed by atoms with Crippen molar-refractivity contribution in [2.45, 2.75) is 0 Å². The van der Waals surface area contributed by atoms with Gasteiger partial charge in [0.15, 0.2) is 11.5 Å². The minimum absolute atomic E-state index is 0.230. The highest BCUT2D eigenvalue weighted by molar-refractivity contribution is 5.83. The Labute approximate surface area is 85.5 Å². The number of nitrogens with one attached hydrogen (secondary N) is 1. The molecular weight excluding hydrogens is 200 g/mol. The summed E-state index contributed by atoms with van der Waals surface area (Å²) in [6.45, 7) is -0.641. The number of aliphatic hydroxyl groups excluding tert-OH is 1. The van der Waals surface area contributed by atoms with Gasteiger partial charge in [-0.2, -0.15) is 5.10 Å². The van der Waals surface area contributed by atoms with Crippen LogP contribution >= 0.6 is 0 Å². The first kappa shape index (κ1) is 11.0. The van der Waals surface area contributed by atoms with E-state index in [2.05, 4.69) is 10.5 Å². The van der Waals surface area contributed by atoms with E-state index in [9.17, 15) is 4.79 Å². The normalized spacial score (nSPS) is 10.5. The highest BCUT2D eigenvalue weighted by atomic mass is 16.3. The van der Waals surface area contributed by atoms with E-state index in [4.69, 9.17) is 15.3 Å². The van der Waals surface area contributed by atoms with Crippen molar-refractivity contribution in [1.82, 2.24) is 5.43 Å². The number of phenols is 2. The molecule has 0 unspecified atom stereocenters. The summed E-state index contributed by atoms with van der Waals surface area (Å²) in [6, 6.07) is 4.08. The van der Waals surface area contributed by atoms with Crippen molar-refractivity contribution in [2.24, 2.45) is 5.10 Å². The van der Waals surface area contributed by atoms with Gasteiger partial charge in [-0.3, -0.25) is 4.79 Å². The number of hydrazone groups is 1. The second-order valence-electron chi connectivity index (χ2n) is 2.70. The number of aromatic hydroxyl groups is 2. The number of rotatable bonds is 3. The molecule has 0 heterocycles. The van der Waals surface area contributed by atoms with E-state index in [0.29, 0.717) is 5.56 Å². The van der Waals surface area contributed by atoms with Crippen LogP contribution in [0.4, 0.5) is 0 Å². The molecular formula is C9H10N2O4. The number of nitrogens with zero attached hydrogens (tertiary/aromatic N) is 1. The van der Waals surface area contributed by atoms with Gasteiger partial charge >= 0.3 is 0 Å². The minimum atomic E-state index is -0.641. The first-order chi connectivity index (χ1) is 7.13. The molecule has 0 bridgehead atoms. The number of carbonyl (C=O) groups excluding carboxylic acids is 1. The maximum absolute atomic E-state index is 10.6. The second-order valence-corrected chi connectivity index (χ2v) is 2.70. The number of phenolic OH excluding ortho intramolecular Hbond substituents is 2. The summed E-state index contributed by atoms with van der Waals surface area (Å²) in [7, 11) is 0. The van der Waals surface area contributed by atoms with E-state index in [1.54, 1.807) is 0 Å². The SMILES string of the molecule is O=C(CO)N/N=C\c1ccc(O)c(O)c1. The maximum Gasteiger partial charge on any atom is 0.265 e. The summed E-state index contributed by atoms with van der Waals surface area (Å²) in [5.74, 6) is -1.13. The third kappa shape index (κ3) is 3.28. The molecule has 1 aromatic rings. The van der Waals surface area contributed by atoms with Crippen molar-refractivity contribution in [3.8, 4) is 11.5 Å². The molecule has 0 saturated heterocycles. The van der Waals surface area contributed by atoms with Crippen LogP contribution in [0, 0.1) is 0 Å². The van der Waals surface area contributed by atoms with Crippen LogP contribution in [0.15, 0.2) is 23.3 Å². The Bertz CT molecular complexity index is 390. The fourth-order valence-electron chi connectivity index (χ4n) is 0.835. The summed E-state index contributed by atoms with van der Waals surface area (Å²) in [6.07, 6.45) is 1.27. The van der Waals surface area contributed by atoms with Crippen molar-refractivity contribution in [2.75, 3.05) is 6.61 Å². The molecule has 0 aromatic heterocycles. The molecule has 0 radical (unpaired) electrons. The first-order valence-electron chi connectivity index (χ1n) is 4.08. The van der Waals surface area contributed by atoms with E-state index < -0.39 is 12.5 Å². The fraction of sp³-hybridized carbons (Fsp3) is 0.111. The molecule has 1 rings (SSSR count). The van der Waals surface area contributed by atoms with Crippen LogP contribution in [0.1, 0.15) is 5.56 Å². The Morgan fingerprint density at radius 1 is 1.40 bits per heavy atom. The second kappa shape index (κ2) is 4.97. The predicted molar refractivity (Wildman–Crippen MR) is 52.6 cm³/mol. The van der Waals surface area contributed by atoms with Crippen LogP contribution in [0.2, 0.25) is 0 Å². The Morgan fingerprint density at radius 2 is 2.13 bits per heavy atom. The van der Waals surface area contributed by atoms with Crippen molar-refractivity contribution < 1.29 is 20.1 Å². The smallest absolute Gasteiger partial charge is 0.265 e. The summed E-state index contributed by atoms with van der Waals surface area (Å²) in [5, 5.41) is 30.0. The molecule has 4 N–H and O–H groups in total. The van der Waals surface area contributed by atoms with Gasteiger partial charge in [0, 0.05) is 0 Å². The Hall–Kier alpha value is -2.08. The fourth-order valence-corrected chi connectivity index (χ4v) is 0.835. The summed E-state index contributed by atoms with van der Waals surface area (Å²) >= 11 is 0. The average Bonchev–Trinajstić information content (AvgIpc) is 2.23. The Balaban J connectivity index is 2.65. The standard InChI is InChI=1S/C9H10N2O4/c12-5-9(15)11-10-4-6-1-2-7(13)8(14)3-6/h1-4,12-14H,5H2,(H,11,15)/b10-4-. The highest BCUT2D eigenvalue weighted by Crippen LogP contribution is 2.23. The lowest BCUT2D eigenvalue weighted by Crippen LogP contribution is -2.20. The third-order valence-electron chi connectivity index (χ3n) is 1.55. The zero-order chi connectivity index (χ0) is 11.3. The molecule has 6 heteroatoms. The summed E-state index contributed by atoms with van der Waals surface area (Å²) in [5.41, 5.74) is 2.55. The van der Waals surface area contributed by atoms with Crippen LogP contribution in [-0.4, -0.2) is 34.0 Å². The van der Waals surface area contributed by atoms with Gasteiger partial charge in [0.2, 0.25) is 0 Å². The molecule has 0 atom stereocenters. The predicted octanol–water partition coefficient (Wildman–Crippen LogP) is -0.460. The van der Waals surface area contributed by atoms with Crippen molar-refractivity contribution >= 4 is 12.1 Å². The molecule has 0 aliphatic rings. The number of benzene rings is 1. The van der Waals surface area contributed by atoms with E-state index in [0.717, 1.165) is 0 Å². The highest BCUT2D eigenvalue weighted by Gasteiger charge is 1.98. The number of hydrogen-bond acceptors (Lipinski definition) is 5. The number of carbonyl (C=O) groups is 1. The molecule has 1 amide bonds. The van der Waals surface area contributed by atoms with Gasteiger partial charge < -0.3 is 15.3 Å². The van der Waals surface area contributed by atoms with Gasteiger partial charge in [-0.05, 0) is 23.8 Å². The van der Waals surface area contributed by atoms with Crippen LogP contribution in [0.3, 0.4) is 0 Å². The molecule has 6 nitrogen and oxygen atoms in total. The minimum Gasteiger partial charge on any atom is -0.504 e. The van der Waals surface area contributed by atoms with Crippen LogP contribution in [-0.2, 0) is 4.79 Å². The molecule has 0 aliphatic carbocycles. The lowest BCUT2D eigenvalue weighted by molar-refractivity contribution is -0.123. The van der Waals surface area contributed by atoms with Gasteiger partial charge in [0.1, 0.15) is 6.61 Å². The van der Waals surface area contributed by atoms with Crippen molar-refractivity contribution in [1.29, 1.82) is 0 Å². The lowest BCUT2D eigenvalue weighted by Gasteiger charge is -1.98. The third-order valence-corrected chi connectivity index (χ3v) is 1.55. The summed E-state index contributed by atoms with van der Waals surface area (Å²) in [4.78, 5) is 10.6. The quantitative estimate of drug-likeness (QED) is 0.308. The Morgan fingerprint density at radius 3 is 2.73 bits per heavy atom. The van der Waals surface area contributed by atoms with E-state index >= 15 is 0 Å². The van der Waals surface area contributed by atoms with E-state index in [1.165, 1.54) is 24.4 Å². The maximum atomic E-state index is 10.6. The topological polar surface area (TPSA) is 102 Å².